The Morgan fingerprint density at radius 1 is 1.50 bits per heavy atom. The van der Waals surface area contributed by atoms with Gasteiger partial charge in [-0.3, -0.25) is 0 Å². The second-order valence-electron chi connectivity index (χ2n) is 5.10. The van der Waals surface area contributed by atoms with E-state index < -0.39 is 0 Å². The topological polar surface area (TPSA) is 44.5 Å². The predicted octanol–water partition coefficient (Wildman–Crippen LogP) is 2.96. The number of rotatable bonds is 5. The van der Waals surface area contributed by atoms with E-state index in [2.05, 4.69) is 19.1 Å². The fraction of sp³-hybridized carbons (Fsp3) is 0.600. The molecule has 2 N–H and O–H groups in total. The summed E-state index contributed by atoms with van der Waals surface area (Å²) < 4.78 is 11.4. The molecule has 1 aromatic carbocycles. The lowest BCUT2D eigenvalue weighted by Crippen LogP contribution is -2.13. The summed E-state index contributed by atoms with van der Waals surface area (Å²) in [6, 6.07) is 6.19. The van der Waals surface area contributed by atoms with Crippen LogP contribution in [0.1, 0.15) is 43.4 Å². The van der Waals surface area contributed by atoms with E-state index in [1.54, 1.807) is 0 Å². The Balaban J connectivity index is 1.91. The molecule has 1 heterocycles. The predicted molar refractivity (Wildman–Crippen MR) is 72.9 cm³/mol. The van der Waals surface area contributed by atoms with E-state index in [1.165, 1.54) is 12.0 Å². The Labute approximate surface area is 109 Å². The zero-order valence-corrected chi connectivity index (χ0v) is 11.3. The van der Waals surface area contributed by atoms with E-state index in [9.17, 15) is 0 Å². The molecule has 0 aromatic heterocycles. The van der Waals surface area contributed by atoms with Crippen molar-refractivity contribution in [2.75, 3.05) is 13.2 Å². The van der Waals surface area contributed by atoms with Crippen molar-refractivity contribution >= 4 is 0 Å². The smallest absolute Gasteiger partial charge is 0.124 e. The van der Waals surface area contributed by atoms with Crippen LogP contribution in [0.5, 0.6) is 5.75 Å². The highest BCUT2D eigenvalue weighted by atomic mass is 16.5. The molecule has 1 aliphatic rings. The van der Waals surface area contributed by atoms with Crippen molar-refractivity contribution in [2.45, 2.75) is 45.3 Å². The van der Waals surface area contributed by atoms with Crippen LogP contribution in [0.15, 0.2) is 18.2 Å². The second-order valence-corrected chi connectivity index (χ2v) is 5.10. The molecule has 0 amide bonds. The quantitative estimate of drug-likeness (QED) is 0.872. The summed E-state index contributed by atoms with van der Waals surface area (Å²) in [5.74, 6) is 0.911. The third-order valence-electron chi connectivity index (χ3n) is 3.38. The molecule has 2 rings (SSSR count). The molecule has 18 heavy (non-hydrogen) atoms. The van der Waals surface area contributed by atoms with Crippen LogP contribution in [0.25, 0.3) is 0 Å². The molecular formula is C15H23NO2. The van der Waals surface area contributed by atoms with Crippen molar-refractivity contribution in [3.8, 4) is 5.75 Å². The average Bonchev–Trinajstić information content (AvgIpc) is 2.84. The van der Waals surface area contributed by atoms with Crippen molar-refractivity contribution in [2.24, 2.45) is 5.73 Å². The van der Waals surface area contributed by atoms with E-state index in [0.717, 1.165) is 30.8 Å². The summed E-state index contributed by atoms with van der Waals surface area (Å²) in [6.07, 6.45) is 3.69. The molecule has 1 aromatic rings. The summed E-state index contributed by atoms with van der Waals surface area (Å²) in [6.45, 7) is 5.66. The Bertz CT molecular complexity index is 384. The summed E-state index contributed by atoms with van der Waals surface area (Å²) >= 11 is 0. The largest absolute Gasteiger partial charge is 0.493 e. The van der Waals surface area contributed by atoms with Crippen LogP contribution >= 0.6 is 0 Å². The van der Waals surface area contributed by atoms with Gasteiger partial charge in [0, 0.05) is 24.6 Å². The van der Waals surface area contributed by atoms with Crippen molar-refractivity contribution in [1.29, 1.82) is 0 Å². The molecule has 0 radical (unpaired) electrons. The molecule has 1 fully saturated rings. The molecule has 2 unspecified atom stereocenters. The number of ether oxygens (including phenoxy) is 2. The first-order valence-corrected chi connectivity index (χ1v) is 6.77. The van der Waals surface area contributed by atoms with E-state index in [-0.39, 0.29) is 6.04 Å². The van der Waals surface area contributed by atoms with Crippen molar-refractivity contribution < 1.29 is 9.47 Å². The van der Waals surface area contributed by atoms with Gasteiger partial charge in [-0.1, -0.05) is 17.7 Å². The van der Waals surface area contributed by atoms with Crippen molar-refractivity contribution in [3.05, 3.63) is 29.3 Å². The van der Waals surface area contributed by atoms with Gasteiger partial charge in [0.05, 0.1) is 12.7 Å². The Morgan fingerprint density at radius 3 is 3.00 bits per heavy atom. The summed E-state index contributed by atoms with van der Waals surface area (Å²) in [5, 5.41) is 0. The molecule has 0 saturated carbocycles. The number of hydrogen-bond donors (Lipinski definition) is 1. The van der Waals surface area contributed by atoms with Gasteiger partial charge in [-0.2, -0.15) is 0 Å². The van der Waals surface area contributed by atoms with Crippen LogP contribution in [-0.4, -0.2) is 19.3 Å². The van der Waals surface area contributed by atoms with Crippen molar-refractivity contribution in [3.63, 3.8) is 0 Å². The van der Waals surface area contributed by atoms with Crippen LogP contribution in [-0.2, 0) is 4.74 Å². The fourth-order valence-corrected chi connectivity index (χ4v) is 2.33. The van der Waals surface area contributed by atoms with E-state index in [1.807, 2.05) is 13.0 Å². The van der Waals surface area contributed by atoms with Crippen LogP contribution < -0.4 is 10.5 Å². The molecular weight excluding hydrogens is 226 g/mol. The maximum Gasteiger partial charge on any atom is 0.124 e. The average molecular weight is 249 g/mol. The first-order chi connectivity index (χ1) is 8.66. The lowest BCUT2D eigenvalue weighted by Gasteiger charge is -2.16. The highest BCUT2D eigenvalue weighted by Gasteiger charge is 2.15. The monoisotopic (exact) mass is 249 g/mol. The SMILES string of the molecule is Cc1ccc(OCCC2CCCO2)c(C(C)N)c1. The van der Waals surface area contributed by atoms with Crippen LogP contribution in [0.3, 0.4) is 0 Å². The van der Waals surface area contributed by atoms with E-state index >= 15 is 0 Å². The van der Waals surface area contributed by atoms with E-state index in [4.69, 9.17) is 15.2 Å². The Hall–Kier alpha value is -1.06. The minimum atomic E-state index is 0.00244. The normalized spacial score (nSPS) is 20.9. The molecule has 2 atom stereocenters. The van der Waals surface area contributed by atoms with Crippen molar-refractivity contribution in [1.82, 2.24) is 0 Å². The highest BCUT2D eigenvalue weighted by molar-refractivity contribution is 5.38. The number of benzene rings is 1. The van der Waals surface area contributed by atoms with Gasteiger partial charge in [0.1, 0.15) is 5.75 Å². The summed E-state index contributed by atoms with van der Waals surface area (Å²) in [5.41, 5.74) is 8.27. The lowest BCUT2D eigenvalue weighted by molar-refractivity contribution is 0.0902. The van der Waals surface area contributed by atoms with E-state index in [0.29, 0.717) is 12.7 Å². The zero-order chi connectivity index (χ0) is 13.0. The van der Waals surface area contributed by atoms with Gasteiger partial charge in [0.2, 0.25) is 0 Å². The molecule has 1 aliphatic heterocycles. The Morgan fingerprint density at radius 2 is 2.33 bits per heavy atom. The van der Waals surface area contributed by atoms with Gasteiger partial charge in [0.15, 0.2) is 0 Å². The third kappa shape index (κ3) is 3.47. The maximum atomic E-state index is 5.97. The van der Waals surface area contributed by atoms with Gasteiger partial charge >= 0.3 is 0 Å². The second kappa shape index (κ2) is 6.21. The summed E-state index contributed by atoms with van der Waals surface area (Å²) in [7, 11) is 0. The standard InChI is InChI=1S/C15H23NO2/c1-11-5-6-15(14(10-11)12(2)16)18-9-7-13-4-3-8-17-13/h5-6,10,12-13H,3-4,7-9,16H2,1-2H3. The number of nitrogens with two attached hydrogens (primary N) is 1. The van der Waals surface area contributed by atoms with Gasteiger partial charge in [-0.15, -0.1) is 0 Å². The van der Waals surface area contributed by atoms with Gasteiger partial charge < -0.3 is 15.2 Å². The van der Waals surface area contributed by atoms with Gasteiger partial charge in [0.25, 0.3) is 0 Å². The van der Waals surface area contributed by atoms with Gasteiger partial charge in [-0.05, 0) is 32.8 Å². The molecule has 0 aliphatic carbocycles. The molecule has 100 valence electrons. The minimum Gasteiger partial charge on any atom is -0.493 e. The molecule has 0 bridgehead atoms. The zero-order valence-electron chi connectivity index (χ0n) is 11.3. The maximum absolute atomic E-state index is 5.97. The summed E-state index contributed by atoms with van der Waals surface area (Å²) in [4.78, 5) is 0. The minimum absolute atomic E-state index is 0.00244. The molecule has 3 heteroatoms. The Kier molecular flexibility index (Phi) is 4.61. The number of aryl methyl sites for hydroxylation is 1. The van der Waals surface area contributed by atoms with Crippen LogP contribution in [0.4, 0.5) is 0 Å². The molecule has 3 nitrogen and oxygen atoms in total. The third-order valence-corrected chi connectivity index (χ3v) is 3.38. The fourth-order valence-electron chi connectivity index (χ4n) is 2.33. The van der Waals surface area contributed by atoms with Gasteiger partial charge in [-0.25, -0.2) is 0 Å². The van der Waals surface area contributed by atoms with Crippen LogP contribution in [0, 0.1) is 6.92 Å². The first-order valence-electron chi connectivity index (χ1n) is 6.77. The van der Waals surface area contributed by atoms with Crippen LogP contribution in [0.2, 0.25) is 0 Å². The first kappa shape index (κ1) is 13.4. The molecule has 0 spiro atoms. The lowest BCUT2D eigenvalue weighted by atomic mass is 10.1. The highest BCUT2D eigenvalue weighted by Crippen LogP contribution is 2.25. The molecule has 1 saturated heterocycles. The number of hydrogen-bond acceptors (Lipinski definition) is 3.